The van der Waals surface area contributed by atoms with E-state index in [2.05, 4.69) is 10.3 Å². The number of aromatic nitrogens is 3. The van der Waals surface area contributed by atoms with Crippen LogP contribution in [-0.4, -0.2) is 20.0 Å². The van der Waals surface area contributed by atoms with Crippen LogP contribution in [0.25, 0.3) is 11.0 Å². The van der Waals surface area contributed by atoms with E-state index in [-0.39, 0.29) is 30.0 Å². The third-order valence-corrected chi connectivity index (χ3v) is 5.12. The molecule has 4 rings (SSSR count). The van der Waals surface area contributed by atoms with Crippen molar-refractivity contribution in [3.63, 3.8) is 0 Å². The Morgan fingerprint density at radius 1 is 0.968 bits per heavy atom. The Morgan fingerprint density at radius 3 is 2.48 bits per heavy atom. The lowest BCUT2D eigenvalue weighted by Gasteiger charge is -2.14. The molecule has 0 aliphatic carbocycles. The highest BCUT2D eigenvalue weighted by Crippen LogP contribution is 2.16. The molecular weight excluding hydrogens is 392 g/mol. The van der Waals surface area contributed by atoms with Crippen molar-refractivity contribution in [3.8, 4) is 0 Å². The first-order chi connectivity index (χ1) is 14.9. The second-order valence-corrected chi connectivity index (χ2v) is 7.49. The number of benzene rings is 2. The number of nitrogens with zero attached hydrogens (tertiary/aromatic N) is 3. The lowest BCUT2D eigenvalue weighted by Crippen LogP contribution is -2.42. The summed E-state index contributed by atoms with van der Waals surface area (Å²) in [6, 6.07) is 18.2. The molecule has 7 nitrogen and oxygen atoms in total. The van der Waals surface area contributed by atoms with E-state index in [0.29, 0.717) is 5.69 Å². The molecule has 2 aromatic heterocycles. The Kier molecular flexibility index (Phi) is 5.49. The summed E-state index contributed by atoms with van der Waals surface area (Å²) in [4.78, 5) is 43.2. The van der Waals surface area contributed by atoms with Gasteiger partial charge in [0.1, 0.15) is 12.2 Å². The van der Waals surface area contributed by atoms with Gasteiger partial charge < -0.3 is 5.32 Å². The summed E-state index contributed by atoms with van der Waals surface area (Å²) in [6.07, 6.45) is 1.50. The number of amides is 1. The second kappa shape index (κ2) is 8.39. The molecule has 156 valence electrons. The standard InChI is InChI=1S/C24H22N4O3/c1-16-10-11-20(17(2)13-16)26-21(29)15-27-22-19(9-6-12-25-22)23(30)28(24(27)31)14-18-7-4-3-5-8-18/h3-13H,14-15H2,1-2H3,(H,26,29). The van der Waals surface area contributed by atoms with Gasteiger partial charge in [-0.2, -0.15) is 0 Å². The summed E-state index contributed by atoms with van der Waals surface area (Å²) in [7, 11) is 0. The van der Waals surface area contributed by atoms with Gasteiger partial charge in [0.05, 0.1) is 11.9 Å². The Labute approximate surface area is 178 Å². The largest absolute Gasteiger partial charge is 0.333 e. The Balaban J connectivity index is 1.75. The zero-order chi connectivity index (χ0) is 22.0. The molecule has 0 saturated carbocycles. The number of anilines is 1. The fraction of sp³-hybridized carbons (Fsp3) is 0.167. The van der Waals surface area contributed by atoms with E-state index >= 15 is 0 Å². The van der Waals surface area contributed by atoms with Gasteiger partial charge in [-0.15, -0.1) is 0 Å². The third-order valence-electron chi connectivity index (χ3n) is 5.12. The smallest absolute Gasteiger partial charge is 0.324 e. The topological polar surface area (TPSA) is 86.0 Å². The summed E-state index contributed by atoms with van der Waals surface area (Å²) in [5.41, 5.74) is 2.71. The quantitative estimate of drug-likeness (QED) is 0.544. The first-order valence-electron chi connectivity index (χ1n) is 9.93. The molecule has 7 heteroatoms. The molecule has 2 aromatic carbocycles. The number of carbonyl (C=O) groups is 1. The van der Waals surface area contributed by atoms with Crippen LogP contribution in [0, 0.1) is 13.8 Å². The van der Waals surface area contributed by atoms with Gasteiger partial charge in [-0.3, -0.25) is 18.7 Å². The van der Waals surface area contributed by atoms with Crippen molar-refractivity contribution in [1.29, 1.82) is 0 Å². The molecule has 4 aromatic rings. The van der Waals surface area contributed by atoms with E-state index in [4.69, 9.17) is 0 Å². The number of carbonyl (C=O) groups excluding carboxylic acids is 1. The summed E-state index contributed by atoms with van der Waals surface area (Å²) >= 11 is 0. The van der Waals surface area contributed by atoms with Crippen molar-refractivity contribution < 1.29 is 4.79 Å². The Bertz CT molecular complexity index is 1390. The summed E-state index contributed by atoms with van der Waals surface area (Å²) in [6.45, 7) is 3.74. The van der Waals surface area contributed by atoms with E-state index in [0.717, 1.165) is 21.3 Å². The zero-order valence-corrected chi connectivity index (χ0v) is 17.3. The minimum absolute atomic E-state index is 0.113. The fourth-order valence-corrected chi connectivity index (χ4v) is 3.58. The van der Waals surface area contributed by atoms with Crippen LogP contribution >= 0.6 is 0 Å². The number of hydrogen-bond donors (Lipinski definition) is 1. The predicted molar refractivity (Wildman–Crippen MR) is 120 cm³/mol. The first kappa shape index (κ1) is 20.3. The molecule has 0 unspecified atom stereocenters. The first-order valence-corrected chi connectivity index (χ1v) is 9.93. The maximum Gasteiger partial charge on any atom is 0.333 e. The van der Waals surface area contributed by atoms with Crippen molar-refractivity contribution in [2.75, 3.05) is 5.32 Å². The summed E-state index contributed by atoms with van der Waals surface area (Å²) < 4.78 is 2.39. The van der Waals surface area contributed by atoms with E-state index in [1.165, 1.54) is 10.8 Å². The molecule has 1 N–H and O–H groups in total. The number of nitrogens with one attached hydrogen (secondary N) is 1. The maximum absolute atomic E-state index is 13.2. The van der Waals surface area contributed by atoms with Crippen molar-refractivity contribution >= 4 is 22.6 Å². The minimum Gasteiger partial charge on any atom is -0.324 e. The maximum atomic E-state index is 13.2. The van der Waals surface area contributed by atoms with Gasteiger partial charge in [0.2, 0.25) is 5.91 Å². The lowest BCUT2D eigenvalue weighted by atomic mass is 10.1. The number of fused-ring (bicyclic) bond motifs is 1. The molecule has 0 aliphatic rings. The van der Waals surface area contributed by atoms with E-state index < -0.39 is 11.2 Å². The number of aryl methyl sites for hydroxylation is 2. The van der Waals surface area contributed by atoms with E-state index in [1.54, 1.807) is 12.1 Å². The highest BCUT2D eigenvalue weighted by Gasteiger charge is 2.17. The van der Waals surface area contributed by atoms with Gasteiger partial charge in [0.15, 0.2) is 0 Å². The third kappa shape index (κ3) is 4.16. The average molecular weight is 414 g/mol. The molecule has 0 aliphatic heterocycles. The fourth-order valence-electron chi connectivity index (χ4n) is 3.58. The van der Waals surface area contributed by atoms with Crippen molar-refractivity contribution in [1.82, 2.24) is 14.1 Å². The van der Waals surface area contributed by atoms with Gasteiger partial charge in [0.25, 0.3) is 5.56 Å². The van der Waals surface area contributed by atoms with Crippen LogP contribution in [0.15, 0.2) is 76.4 Å². The van der Waals surface area contributed by atoms with Crippen molar-refractivity contribution in [2.24, 2.45) is 0 Å². The molecule has 0 saturated heterocycles. The molecule has 0 fully saturated rings. The van der Waals surface area contributed by atoms with Gasteiger partial charge in [-0.1, -0.05) is 48.0 Å². The Hall–Kier alpha value is -4.00. The minimum atomic E-state index is -0.573. The van der Waals surface area contributed by atoms with Gasteiger partial charge in [-0.25, -0.2) is 9.78 Å². The normalized spacial score (nSPS) is 10.9. The molecule has 0 spiro atoms. The predicted octanol–water partition coefficient (Wildman–Crippen LogP) is 2.86. The second-order valence-electron chi connectivity index (χ2n) is 7.49. The summed E-state index contributed by atoms with van der Waals surface area (Å²) in [5.74, 6) is -0.370. The monoisotopic (exact) mass is 414 g/mol. The number of hydrogen-bond acceptors (Lipinski definition) is 4. The lowest BCUT2D eigenvalue weighted by molar-refractivity contribution is -0.116. The number of rotatable bonds is 5. The highest BCUT2D eigenvalue weighted by molar-refractivity contribution is 5.92. The Morgan fingerprint density at radius 2 is 1.74 bits per heavy atom. The van der Waals surface area contributed by atoms with Gasteiger partial charge >= 0.3 is 5.69 Å². The summed E-state index contributed by atoms with van der Waals surface area (Å²) in [5, 5.41) is 3.14. The number of pyridine rings is 1. The molecule has 0 radical (unpaired) electrons. The van der Waals surface area contributed by atoms with Crippen LogP contribution < -0.4 is 16.6 Å². The highest BCUT2D eigenvalue weighted by atomic mass is 16.2. The van der Waals surface area contributed by atoms with E-state index in [1.807, 2.05) is 62.4 Å². The molecule has 31 heavy (non-hydrogen) atoms. The van der Waals surface area contributed by atoms with Crippen LogP contribution in [0.5, 0.6) is 0 Å². The van der Waals surface area contributed by atoms with E-state index in [9.17, 15) is 14.4 Å². The SMILES string of the molecule is Cc1ccc(NC(=O)Cn2c(=O)n(Cc3ccccc3)c(=O)c3cccnc32)c(C)c1. The van der Waals surface area contributed by atoms with Crippen LogP contribution in [0.2, 0.25) is 0 Å². The molecule has 2 heterocycles. The van der Waals surface area contributed by atoms with Crippen LogP contribution in [0.1, 0.15) is 16.7 Å². The molecule has 0 bridgehead atoms. The van der Waals surface area contributed by atoms with Gasteiger partial charge in [0, 0.05) is 11.9 Å². The van der Waals surface area contributed by atoms with Crippen LogP contribution in [-0.2, 0) is 17.9 Å². The van der Waals surface area contributed by atoms with Crippen LogP contribution in [0.4, 0.5) is 5.69 Å². The van der Waals surface area contributed by atoms with Crippen molar-refractivity contribution in [3.05, 3.63) is 104 Å². The van der Waals surface area contributed by atoms with Crippen LogP contribution in [0.3, 0.4) is 0 Å². The zero-order valence-electron chi connectivity index (χ0n) is 17.3. The molecule has 0 atom stereocenters. The van der Waals surface area contributed by atoms with Gasteiger partial charge in [-0.05, 0) is 43.2 Å². The molecule has 1 amide bonds. The average Bonchev–Trinajstić information content (AvgIpc) is 2.77. The molecular formula is C24H22N4O3. The van der Waals surface area contributed by atoms with Crippen molar-refractivity contribution in [2.45, 2.75) is 26.9 Å².